The van der Waals surface area contributed by atoms with Gasteiger partial charge in [0.1, 0.15) is 12.6 Å². The number of hydrogen-bond donors (Lipinski definition) is 2. The molecular formula is C11H20N2O5. The molecule has 0 radical (unpaired) electrons. The second kappa shape index (κ2) is 9.41. The molecule has 0 heterocycles. The molecule has 0 aliphatic carbocycles. The molecule has 0 fully saturated rings. The van der Waals surface area contributed by atoms with E-state index in [1.165, 1.54) is 14.0 Å². The van der Waals surface area contributed by atoms with Gasteiger partial charge in [-0.25, -0.2) is 4.79 Å². The van der Waals surface area contributed by atoms with Crippen molar-refractivity contribution in [1.82, 2.24) is 10.6 Å². The van der Waals surface area contributed by atoms with Crippen molar-refractivity contribution >= 4 is 17.8 Å². The topological polar surface area (TPSA) is 93.7 Å². The molecular weight excluding hydrogens is 240 g/mol. The van der Waals surface area contributed by atoms with Crippen LogP contribution in [0.1, 0.15) is 19.8 Å². The summed E-state index contributed by atoms with van der Waals surface area (Å²) in [5.41, 5.74) is 0. The van der Waals surface area contributed by atoms with E-state index in [0.717, 1.165) is 0 Å². The lowest BCUT2D eigenvalue weighted by Gasteiger charge is -2.13. The summed E-state index contributed by atoms with van der Waals surface area (Å²) in [6.45, 7) is 2.32. The van der Waals surface area contributed by atoms with E-state index in [9.17, 15) is 14.4 Å². The van der Waals surface area contributed by atoms with Crippen molar-refractivity contribution in [3.63, 3.8) is 0 Å². The molecule has 0 aliphatic heterocycles. The highest BCUT2D eigenvalue weighted by Gasteiger charge is 2.17. The Kier molecular flexibility index (Phi) is 8.55. The van der Waals surface area contributed by atoms with Crippen molar-refractivity contribution in [1.29, 1.82) is 0 Å². The first-order valence-corrected chi connectivity index (χ1v) is 5.68. The summed E-state index contributed by atoms with van der Waals surface area (Å²) in [4.78, 5) is 33.6. The van der Waals surface area contributed by atoms with Gasteiger partial charge in [-0.15, -0.1) is 0 Å². The molecule has 0 aliphatic rings. The van der Waals surface area contributed by atoms with Gasteiger partial charge < -0.3 is 20.1 Å². The number of ether oxygens (including phenoxy) is 2. The van der Waals surface area contributed by atoms with Crippen LogP contribution in [0.2, 0.25) is 0 Å². The molecule has 0 saturated heterocycles. The fraction of sp³-hybridized carbons (Fsp3) is 0.727. The predicted octanol–water partition coefficient (Wildman–Crippen LogP) is -0.793. The van der Waals surface area contributed by atoms with Crippen LogP contribution in [0.4, 0.5) is 0 Å². The highest BCUT2D eigenvalue weighted by Crippen LogP contribution is 1.94. The minimum Gasteiger partial charge on any atom is -0.469 e. The molecule has 1 amide bonds. The summed E-state index contributed by atoms with van der Waals surface area (Å²) in [5.74, 6) is -1.36. The maximum absolute atomic E-state index is 11.4. The van der Waals surface area contributed by atoms with Crippen LogP contribution in [0.3, 0.4) is 0 Å². The number of carbonyl (C=O) groups excluding carboxylic acids is 3. The minimum atomic E-state index is -0.730. The van der Waals surface area contributed by atoms with Crippen LogP contribution in [0.15, 0.2) is 0 Å². The molecule has 0 bridgehead atoms. The SMILES string of the molecule is CNCCOC(=O)C(C)NC(=O)CCC(=O)OC. The van der Waals surface area contributed by atoms with Crippen LogP contribution in [0.5, 0.6) is 0 Å². The van der Waals surface area contributed by atoms with Gasteiger partial charge in [0.2, 0.25) is 5.91 Å². The maximum Gasteiger partial charge on any atom is 0.328 e. The normalized spacial score (nSPS) is 11.5. The Balaban J connectivity index is 3.84. The van der Waals surface area contributed by atoms with Crippen molar-refractivity contribution in [2.45, 2.75) is 25.8 Å². The van der Waals surface area contributed by atoms with E-state index >= 15 is 0 Å². The molecule has 7 heteroatoms. The minimum absolute atomic E-state index is 0.0101. The average Bonchev–Trinajstić information content (AvgIpc) is 2.35. The van der Waals surface area contributed by atoms with E-state index in [1.807, 2.05) is 0 Å². The number of carbonyl (C=O) groups is 3. The molecule has 0 aromatic carbocycles. The lowest BCUT2D eigenvalue weighted by molar-refractivity contribution is -0.147. The molecule has 1 atom stereocenters. The van der Waals surface area contributed by atoms with Crippen LogP contribution in [-0.4, -0.2) is 51.2 Å². The summed E-state index contributed by atoms with van der Waals surface area (Å²) in [6, 6.07) is -0.730. The molecule has 0 rings (SSSR count). The number of nitrogens with one attached hydrogen (secondary N) is 2. The Morgan fingerprint density at radius 3 is 2.44 bits per heavy atom. The van der Waals surface area contributed by atoms with Crippen LogP contribution in [0, 0.1) is 0 Å². The summed E-state index contributed by atoms with van der Waals surface area (Å²) >= 11 is 0. The molecule has 0 saturated carbocycles. The third kappa shape index (κ3) is 7.61. The summed E-state index contributed by atoms with van der Waals surface area (Å²) in [5, 5.41) is 5.27. The zero-order chi connectivity index (χ0) is 14.0. The molecule has 2 N–H and O–H groups in total. The third-order valence-electron chi connectivity index (χ3n) is 2.11. The molecule has 0 spiro atoms. The molecule has 0 aromatic rings. The van der Waals surface area contributed by atoms with E-state index in [0.29, 0.717) is 6.54 Å². The molecule has 7 nitrogen and oxygen atoms in total. The van der Waals surface area contributed by atoms with Gasteiger partial charge >= 0.3 is 11.9 Å². The highest BCUT2D eigenvalue weighted by atomic mass is 16.5. The Morgan fingerprint density at radius 1 is 1.22 bits per heavy atom. The summed E-state index contributed by atoms with van der Waals surface area (Å²) in [7, 11) is 2.99. The van der Waals surface area contributed by atoms with E-state index < -0.39 is 23.9 Å². The number of methoxy groups -OCH3 is 1. The van der Waals surface area contributed by atoms with Crippen LogP contribution in [-0.2, 0) is 23.9 Å². The van der Waals surface area contributed by atoms with Gasteiger partial charge in [-0.3, -0.25) is 9.59 Å². The lowest BCUT2D eigenvalue weighted by Crippen LogP contribution is -2.40. The molecule has 1 unspecified atom stereocenters. The van der Waals surface area contributed by atoms with Crippen LogP contribution < -0.4 is 10.6 Å². The third-order valence-corrected chi connectivity index (χ3v) is 2.11. The second-order valence-corrected chi connectivity index (χ2v) is 3.64. The standard InChI is InChI=1S/C11H20N2O5/c1-8(11(16)18-7-6-12-2)13-9(14)4-5-10(15)17-3/h8,12H,4-7H2,1-3H3,(H,13,14). The average molecular weight is 260 g/mol. The van der Waals surface area contributed by atoms with Gasteiger partial charge in [-0.1, -0.05) is 0 Å². The number of rotatable bonds is 8. The largest absolute Gasteiger partial charge is 0.469 e. The lowest BCUT2D eigenvalue weighted by atomic mass is 10.2. The van der Waals surface area contributed by atoms with Gasteiger partial charge in [0.15, 0.2) is 0 Å². The Labute approximate surface area is 106 Å². The summed E-state index contributed by atoms with van der Waals surface area (Å²) < 4.78 is 9.29. The first-order valence-electron chi connectivity index (χ1n) is 5.68. The molecule has 0 aromatic heterocycles. The quantitative estimate of drug-likeness (QED) is 0.438. The van der Waals surface area contributed by atoms with Gasteiger partial charge in [-0.05, 0) is 14.0 Å². The van der Waals surface area contributed by atoms with Gasteiger partial charge in [0.05, 0.1) is 13.5 Å². The fourth-order valence-corrected chi connectivity index (χ4v) is 1.07. The van der Waals surface area contributed by atoms with Gasteiger partial charge in [0, 0.05) is 13.0 Å². The number of hydrogen-bond acceptors (Lipinski definition) is 6. The zero-order valence-corrected chi connectivity index (χ0v) is 10.9. The van der Waals surface area contributed by atoms with Crippen LogP contribution >= 0.6 is 0 Å². The van der Waals surface area contributed by atoms with E-state index in [2.05, 4.69) is 15.4 Å². The van der Waals surface area contributed by atoms with Gasteiger partial charge in [-0.2, -0.15) is 0 Å². The molecule has 18 heavy (non-hydrogen) atoms. The van der Waals surface area contributed by atoms with Crippen molar-refractivity contribution in [2.24, 2.45) is 0 Å². The van der Waals surface area contributed by atoms with Crippen molar-refractivity contribution in [2.75, 3.05) is 27.3 Å². The van der Waals surface area contributed by atoms with Gasteiger partial charge in [0.25, 0.3) is 0 Å². The van der Waals surface area contributed by atoms with E-state index in [4.69, 9.17) is 4.74 Å². The first-order chi connectivity index (χ1) is 8.51. The Bertz CT molecular complexity index is 293. The first kappa shape index (κ1) is 16.4. The second-order valence-electron chi connectivity index (χ2n) is 3.64. The zero-order valence-electron chi connectivity index (χ0n) is 10.9. The maximum atomic E-state index is 11.4. The van der Waals surface area contributed by atoms with Crippen LogP contribution in [0.25, 0.3) is 0 Å². The Morgan fingerprint density at radius 2 is 1.89 bits per heavy atom. The smallest absolute Gasteiger partial charge is 0.328 e. The fourth-order valence-electron chi connectivity index (χ4n) is 1.07. The van der Waals surface area contributed by atoms with Crippen molar-refractivity contribution in [3.8, 4) is 0 Å². The number of amides is 1. The monoisotopic (exact) mass is 260 g/mol. The van der Waals surface area contributed by atoms with Crippen molar-refractivity contribution in [3.05, 3.63) is 0 Å². The Hall–Kier alpha value is -1.63. The van der Waals surface area contributed by atoms with E-state index in [-0.39, 0.29) is 19.4 Å². The number of likely N-dealkylation sites (N-methyl/N-ethyl adjacent to an activating group) is 1. The van der Waals surface area contributed by atoms with E-state index in [1.54, 1.807) is 7.05 Å². The molecule has 104 valence electrons. The summed E-state index contributed by atoms with van der Waals surface area (Å²) in [6.07, 6.45) is -0.0232. The predicted molar refractivity (Wildman–Crippen MR) is 63.7 cm³/mol. The number of esters is 2. The highest BCUT2D eigenvalue weighted by molar-refractivity contribution is 5.86. The van der Waals surface area contributed by atoms with Crippen molar-refractivity contribution < 1.29 is 23.9 Å².